The minimum Gasteiger partial charge on any atom is -0.491 e. The third kappa shape index (κ3) is 5.33. The first kappa shape index (κ1) is 19.4. The second-order valence-electron chi connectivity index (χ2n) is 6.56. The molecule has 0 saturated carbocycles. The van der Waals surface area contributed by atoms with Gasteiger partial charge in [0.2, 0.25) is 0 Å². The average molecular weight is 378 g/mol. The van der Waals surface area contributed by atoms with Crippen LogP contribution >= 0.6 is 0 Å². The summed E-state index contributed by atoms with van der Waals surface area (Å²) in [6, 6.07) is 17.7. The normalized spacial score (nSPS) is 10.6. The monoisotopic (exact) mass is 378 g/mol. The van der Waals surface area contributed by atoms with Gasteiger partial charge in [-0.15, -0.1) is 0 Å². The molecule has 0 aliphatic heterocycles. The van der Waals surface area contributed by atoms with E-state index in [4.69, 9.17) is 9.47 Å². The Morgan fingerprint density at radius 1 is 1.07 bits per heavy atom. The van der Waals surface area contributed by atoms with Gasteiger partial charge in [0, 0.05) is 29.1 Å². The van der Waals surface area contributed by atoms with Gasteiger partial charge in [-0.2, -0.15) is 0 Å². The van der Waals surface area contributed by atoms with Crippen LogP contribution < -0.4 is 14.8 Å². The first-order valence-corrected chi connectivity index (χ1v) is 9.06. The van der Waals surface area contributed by atoms with E-state index in [0.717, 1.165) is 5.56 Å². The molecular weight excluding hydrogens is 355 g/mol. The molecule has 1 heterocycles. The second kappa shape index (κ2) is 9.04. The largest absolute Gasteiger partial charge is 0.491 e. The highest BCUT2D eigenvalue weighted by Crippen LogP contribution is 2.28. The van der Waals surface area contributed by atoms with Crippen LogP contribution in [0.2, 0.25) is 0 Å². The van der Waals surface area contributed by atoms with Gasteiger partial charge in [-0.25, -0.2) is 9.37 Å². The van der Waals surface area contributed by atoms with Gasteiger partial charge < -0.3 is 14.8 Å². The van der Waals surface area contributed by atoms with Crippen molar-refractivity contribution >= 4 is 11.5 Å². The first-order chi connectivity index (χ1) is 13.5. The van der Waals surface area contributed by atoms with Crippen molar-refractivity contribution in [3.63, 3.8) is 0 Å². The summed E-state index contributed by atoms with van der Waals surface area (Å²) in [7, 11) is 0. The highest BCUT2D eigenvalue weighted by molar-refractivity contribution is 5.75. The number of hydrogen-bond donors (Lipinski definition) is 1. The maximum atomic E-state index is 13.9. The fourth-order valence-electron chi connectivity index (χ4n) is 2.61. The van der Waals surface area contributed by atoms with E-state index in [9.17, 15) is 4.39 Å². The molecule has 28 heavy (non-hydrogen) atoms. The van der Waals surface area contributed by atoms with Crippen molar-refractivity contribution in [1.82, 2.24) is 4.98 Å². The Labute approximate surface area is 164 Å². The van der Waals surface area contributed by atoms with Crippen LogP contribution in [-0.4, -0.2) is 11.1 Å². The number of nitrogens with one attached hydrogen (secondary N) is 1. The lowest BCUT2D eigenvalue weighted by atomic mass is 10.1. The van der Waals surface area contributed by atoms with Gasteiger partial charge in [0.25, 0.3) is 0 Å². The van der Waals surface area contributed by atoms with Crippen LogP contribution in [0.1, 0.15) is 25.0 Å². The van der Waals surface area contributed by atoms with Crippen molar-refractivity contribution < 1.29 is 13.9 Å². The van der Waals surface area contributed by atoms with Gasteiger partial charge in [0.15, 0.2) is 0 Å². The smallest absolute Gasteiger partial charge is 0.130 e. The minimum atomic E-state index is -0.293. The highest BCUT2D eigenvalue weighted by atomic mass is 19.1. The number of anilines is 1. The first-order valence-electron chi connectivity index (χ1n) is 9.06. The molecule has 0 amide bonds. The third-order valence-corrected chi connectivity index (χ3v) is 3.90. The zero-order valence-electron chi connectivity index (χ0n) is 16.0. The molecule has 3 aromatic rings. The molecule has 0 fully saturated rings. The van der Waals surface area contributed by atoms with Crippen molar-refractivity contribution in [1.29, 1.82) is 0 Å². The van der Waals surface area contributed by atoms with Crippen LogP contribution in [0, 0.1) is 5.82 Å². The lowest BCUT2D eigenvalue weighted by Gasteiger charge is -2.16. The van der Waals surface area contributed by atoms with Crippen molar-refractivity contribution in [3.8, 4) is 11.5 Å². The molecule has 0 atom stereocenters. The van der Waals surface area contributed by atoms with E-state index < -0.39 is 0 Å². The van der Waals surface area contributed by atoms with E-state index in [2.05, 4.69) is 16.9 Å². The number of pyridine rings is 1. The summed E-state index contributed by atoms with van der Waals surface area (Å²) < 4.78 is 25.5. The second-order valence-corrected chi connectivity index (χ2v) is 6.56. The van der Waals surface area contributed by atoms with E-state index in [1.54, 1.807) is 30.5 Å². The van der Waals surface area contributed by atoms with Crippen molar-refractivity contribution in [2.24, 2.45) is 0 Å². The number of benzene rings is 2. The molecule has 4 nitrogen and oxygen atoms in total. The minimum absolute atomic E-state index is 0.00619. The molecule has 3 rings (SSSR count). The van der Waals surface area contributed by atoms with Gasteiger partial charge in [0.1, 0.15) is 29.7 Å². The Kier molecular flexibility index (Phi) is 6.27. The zero-order valence-corrected chi connectivity index (χ0v) is 16.0. The standard InChI is InChI=1S/C23H23FN2O2/c1-16(2)28-21-13-19(17(3)26-23-10-6-7-11-25-23)12-20(14-21)27-15-18-8-4-5-9-22(18)24/h4-14,16H,3,15H2,1-2H3,(H,25,26). The van der Waals surface area contributed by atoms with Gasteiger partial charge in [-0.1, -0.05) is 30.8 Å². The molecule has 5 heteroatoms. The van der Waals surface area contributed by atoms with Gasteiger partial charge in [-0.3, -0.25) is 0 Å². The maximum absolute atomic E-state index is 13.9. The van der Waals surface area contributed by atoms with Gasteiger partial charge in [0.05, 0.1) is 6.10 Å². The summed E-state index contributed by atoms with van der Waals surface area (Å²) in [5.74, 6) is 1.62. The summed E-state index contributed by atoms with van der Waals surface area (Å²) in [6.07, 6.45) is 1.71. The van der Waals surface area contributed by atoms with Gasteiger partial charge >= 0.3 is 0 Å². The molecule has 0 aliphatic carbocycles. The van der Waals surface area contributed by atoms with E-state index in [-0.39, 0.29) is 18.5 Å². The third-order valence-electron chi connectivity index (χ3n) is 3.90. The van der Waals surface area contributed by atoms with E-state index in [1.165, 1.54) is 6.07 Å². The summed E-state index contributed by atoms with van der Waals surface area (Å²) in [4.78, 5) is 4.25. The zero-order chi connectivity index (χ0) is 19.9. The molecule has 2 aromatic carbocycles. The van der Waals surface area contributed by atoms with Crippen molar-refractivity contribution in [3.05, 3.63) is 90.4 Å². The Hall–Kier alpha value is -3.34. The summed E-state index contributed by atoms with van der Waals surface area (Å²) in [5.41, 5.74) is 1.95. The van der Waals surface area contributed by atoms with E-state index in [0.29, 0.717) is 28.6 Å². The fraction of sp³-hybridized carbons (Fsp3) is 0.174. The fourth-order valence-corrected chi connectivity index (χ4v) is 2.61. The maximum Gasteiger partial charge on any atom is 0.130 e. The number of hydrogen-bond acceptors (Lipinski definition) is 4. The Morgan fingerprint density at radius 3 is 2.54 bits per heavy atom. The van der Waals surface area contributed by atoms with Crippen LogP contribution in [0.5, 0.6) is 11.5 Å². The summed E-state index contributed by atoms with van der Waals surface area (Å²) >= 11 is 0. The molecule has 144 valence electrons. The molecule has 0 aliphatic rings. The summed E-state index contributed by atoms with van der Waals surface area (Å²) in [5, 5.41) is 3.17. The van der Waals surface area contributed by atoms with Crippen molar-refractivity contribution in [2.75, 3.05) is 5.32 Å². The number of nitrogens with zero attached hydrogens (tertiary/aromatic N) is 1. The molecule has 0 saturated heterocycles. The molecule has 1 aromatic heterocycles. The van der Waals surface area contributed by atoms with Crippen molar-refractivity contribution in [2.45, 2.75) is 26.6 Å². The molecule has 0 radical (unpaired) electrons. The number of aromatic nitrogens is 1. The Morgan fingerprint density at radius 2 is 1.82 bits per heavy atom. The number of ether oxygens (including phenoxy) is 2. The summed E-state index contributed by atoms with van der Waals surface area (Å²) in [6.45, 7) is 8.12. The average Bonchev–Trinajstić information content (AvgIpc) is 2.67. The quantitative estimate of drug-likeness (QED) is 0.548. The predicted octanol–water partition coefficient (Wildman–Crippen LogP) is 5.67. The van der Waals surface area contributed by atoms with Crippen LogP contribution in [-0.2, 0) is 6.61 Å². The molecule has 0 spiro atoms. The van der Waals surface area contributed by atoms with E-state index in [1.807, 2.05) is 44.2 Å². The topological polar surface area (TPSA) is 43.4 Å². The van der Waals surface area contributed by atoms with Gasteiger partial charge in [-0.05, 0) is 44.2 Å². The Bertz CT molecular complexity index is 942. The lowest BCUT2D eigenvalue weighted by molar-refractivity contribution is 0.239. The van der Waals surface area contributed by atoms with Crippen LogP contribution in [0.25, 0.3) is 5.70 Å². The van der Waals surface area contributed by atoms with Crippen LogP contribution in [0.3, 0.4) is 0 Å². The Balaban J connectivity index is 1.82. The van der Waals surface area contributed by atoms with Crippen LogP contribution in [0.4, 0.5) is 10.2 Å². The van der Waals surface area contributed by atoms with E-state index >= 15 is 0 Å². The molecular formula is C23H23FN2O2. The van der Waals surface area contributed by atoms with Crippen LogP contribution in [0.15, 0.2) is 73.4 Å². The predicted molar refractivity (Wildman–Crippen MR) is 110 cm³/mol. The SMILES string of the molecule is C=C(Nc1ccccn1)c1cc(OCc2ccccc2F)cc(OC(C)C)c1. The molecule has 0 bridgehead atoms. The highest BCUT2D eigenvalue weighted by Gasteiger charge is 2.09. The number of rotatable bonds is 8. The lowest BCUT2D eigenvalue weighted by Crippen LogP contribution is -2.07. The molecule has 0 unspecified atom stereocenters. The molecule has 1 N–H and O–H groups in total. The number of halogens is 1.